The van der Waals surface area contributed by atoms with Gasteiger partial charge in [0.1, 0.15) is 0 Å². The second-order valence-electron chi connectivity index (χ2n) is 3.34. The summed E-state index contributed by atoms with van der Waals surface area (Å²) < 4.78 is 0. The number of hydrogen-bond donors (Lipinski definition) is 0. The van der Waals surface area contributed by atoms with Gasteiger partial charge in [-0.2, -0.15) is 4.99 Å². The van der Waals surface area contributed by atoms with Crippen molar-refractivity contribution < 1.29 is 4.79 Å². The van der Waals surface area contributed by atoms with Gasteiger partial charge in [-0.3, -0.25) is 0 Å². The second kappa shape index (κ2) is 6.74. The molecular weight excluding hydrogens is 186 g/mol. The van der Waals surface area contributed by atoms with Gasteiger partial charge in [-0.15, -0.1) is 0 Å². The molecule has 1 aromatic carbocycles. The number of nitrogens with zero attached hydrogens (tertiary/aromatic N) is 1. The van der Waals surface area contributed by atoms with E-state index < -0.39 is 0 Å². The third kappa shape index (κ3) is 4.39. The van der Waals surface area contributed by atoms with E-state index in [0.29, 0.717) is 0 Å². The zero-order valence-corrected chi connectivity index (χ0v) is 8.89. The van der Waals surface area contributed by atoms with Gasteiger partial charge in [0, 0.05) is 0 Å². The summed E-state index contributed by atoms with van der Waals surface area (Å²) in [4.78, 5) is 13.9. The minimum absolute atomic E-state index is 0.0345. The van der Waals surface area contributed by atoms with Crippen molar-refractivity contribution in [3.63, 3.8) is 0 Å². The Morgan fingerprint density at radius 3 is 2.73 bits per heavy atom. The number of isocyanates is 1. The van der Waals surface area contributed by atoms with Crippen LogP contribution in [0.3, 0.4) is 0 Å². The van der Waals surface area contributed by atoms with E-state index in [-0.39, 0.29) is 6.04 Å². The zero-order valence-electron chi connectivity index (χ0n) is 8.89. The molecule has 0 amide bonds. The molecule has 1 rings (SSSR count). The van der Waals surface area contributed by atoms with Crippen LogP contribution in [0.15, 0.2) is 47.5 Å². The molecule has 0 aliphatic carbocycles. The summed E-state index contributed by atoms with van der Waals surface area (Å²) >= 11 is 0. The molecule has 1 atom stereocenters. The maximum atomic E-state index is 10.2. The average molecular weight is 201 g/mol. The Kier molecular flexibility index (Phi) is 5.13. The molecule has 0 aliphatic rings. The molecule has 15 heavy (non-hydrogen) atoms. The number of allylic oxidation sites excluding steroid dienone is 1. The normalized spacial score (nSPS) is 12.3. The molecule has 2 heteroatoms. The summed E-state index contributed by atoms with van der Waals surface area (Å²) in [6.45, 7) is 1.93. The van der Waals surface area contributed by atoms with Crippen molar-refractivity contribution in [3.05, 3.63) is 48.0 Å². The van der Waals surface area contributed by atoms with E-state index in [1.165, 1.54) is 5.56 Å². The predicted octanol–water partition coefficient (Wildman–Crippen LogP) is 2.90. The Hall–Kier alpha value is -1.66. The van der Waals surface area contributed by atoms with Gasteiger partial charge in [-0.05, 0) is 25.3 Å². The van der Waals surface area contributed by atoms with Crippen LogP contribution in [-0.4, -0.2) is 12.1 Å². The Bertz CT molecular complexity index is 350. The van der Waals surface area contributed by atoms with Crippen molar-refractivity contribution in [2.45, 2.75) is 25.8 Å². The first-order chi connectivity index (χ1) is 7.36. The third-order valence-corrected chi connectivity index (χ3v) is 2.20. The van der Waals surface area contributed by atoms with Crippen molar-refractivity contribution in [2.75, 3.05) is 0 Å². The first-order valence-corrected chi connectivity index (χ1v) is 5.10. The Morgan fingerprint density at radius 1 is 1.40 bits per heavy atom. The SMILES string of the molecule is CC=CC(CCc1ccccc1)N=C=O. The molecule has 0 aromatic heterocycles. The van der Waals surface area contributed by atoms with Crippen LogP contribution in [0, 0.1) is 0 Å². The lowest BCUT2D eigenvalue weighted by Crippen LogP contribution is -2.01. The summed E-state index contributed by atoms with van der Waals surface area (Å²) in [7, 11) is 0. The van der Waals surface area contributed by atoms with Crippen LogP contribution in [0.1, 0.15) is 18.9 Å². The lowest BCUT2D eigenvalue weighted by Gasteiger charge is -2.04. The van der Waals surface area contributed by atoms with Gasteiger partial charge in [0.25, 0.3) is 0 Å². The summed E-state index contributed by atoms with van der Waals surface area (Å²) in [6, 6.07) is 10.2. The van der Waals surface area contributed by atoms with Crippen LogP contribution in [0.5, 0.6) is 0 Å². The highest BCUT2D eigenvalue weighted by molar-refractivity contribution is 5.34. The van der Waals surface area contributed by atoms with Crippen molar-refractivity contribution in [2.24, 2.45) is 4.99 Å². The molecule has 1 unspecified atom stereocenters. The van der Waals surface area contributed by atoms with Crippen LogP contribution in [-0.2, 0) is 11.2 Å². The lowest BCUT2D eigenvalue weighted by atomic mass is 10.1. The van der Waals surface area contributed by atoms with Crippen LogP contribution in [0.2, 0.25) is 0 Å². The van der Waals surface area contributed by atoms with Crippen LogP contribution in [0.25, 0.3) is 0 Å². The van der Waals surface area contributed by atoms with E-state index >= 15 is 0 Å². The van der Waals surface area contributed by atoms with Gasteiger partial charge >= 0.3 is 0 Å². The van der Waals surface area contributed by atoms with Crippen LogP contribution in [0.4, 0.5) is 0 Å². The maximum absolute atomic E-state index is 10.2. The van der Waals surface area contributed by atoms with Crippen molar-refractivity contribution in [1.82, 2.24) is 0 Å². The van der Waals surface area contributed by atoms with E-state index in [2.05, 4.69) is 17.1 Å². The lowest BCUT2D eigenvalue weighted by molar-refractivity contribution is 0.558. The molecule has 0 heterocycles. The number of carbonyl (C=O) groups excluding carboxylic acids is 1. The minimum Gasteiger partial charge on any atom is -0.211 e. The van der Waals surface area contributed by atoms with Gasteiger partial charge < -0.3 is 0 Å². The molecule has 0 fully saturated rings. The average Bonchev–Trinajstić information content (AvgIpc) is 2.28. The fraction of sp³-hybridized carbons (Fsp3) is 0.308. The highest BCUT2D eigenvalue weighted by Gasteiger charge is 2.01. The molecule has 0 saturated heterocycles. The van der Waals surface area contributed by atoms with Gasteiger partial charge in [-0.25, -0.2) is 4.79 Å². The topological polar surface area (TPSA) is 29.4 Å². The van der Waals surface area contributed by atoms with Crippen molar-refractivity contribution in [3.8, 4) is 0 Å². The molecule has 0 bridgehead atoms. The molecular formula is C13H15NO. The molecule has 0 saturated carbocycles. The Labute approximate surface area is 90.4 Å². The second-order valence-corrected chi connectivity index (χ2v) is 3.34. The number of rotatable bonds is 5. The largest absolute Gasteiger partial charge is 0.235 e. The summed E-state index contributed by atoms with van der Waals surface area (Å²) in [6.07, 6.45) is 7.23. The molecule has 0 N–H and O–H groups in total. The monoisotopic (exact) mass is 201 g/mol. The number of hydrogen-bond acceptors (Lipinski definition) is 2. The van der Waals surface area contributed by atoms with Gasteiger partial charge in [0.2, 0.25) is 6.08 Å². The van der Waals surface area contributed by atoms with E-state index in [4.69, 9.17) is 0 Å². The summed E-state index contributed by atoms with van der Waals surface area (Å²) in [5.41, 5.74) is 1.27. The Balaban J connectivity index is 2.50. The van der Waals surface area contributed by atoms with Crippen molar-refractivity contribution >= 4 is 6.08 Å². The van der Waals surface area contributed by atoms with Crippen LogP contribution >= 0.6 is 0 Å². The van der Waals surface area contributed by atoms with Crippen LogP contribution < -0.4 is 0 Å². The summed E-state index contributed by atoms with van der Waals surface area (Å²) in [5, 5.41) is 0. The molecule has 0 spiro atoms. The maximum Gasteiger partial charge on any atom is 0.235 e. The molecule has 0 aliphatic heterocycles. The van der Waals surface area contributed by atoms with E-state index in [1.807, 2.05) is 37.3 Å². The standard InChI is InChI=1S/C13H15NO/c1-2-6-13(14-11-15)10-9-12-7-4-3-5-8-12/h2-8,13H,9-10H2,1H3. The minimum atomic E-state index is -0.0345. The number of benzene rings is 1. The quantitative estimate of drug-likeness (QED) is 0.409. The predicted molar refractivity (Wildman–Crippen MR) is 61.5 cm³/mol. The Morgan fingerprint density at radius 2 is 2.13 bits per heavy atom. The van der Waals surface area contributed by atoms with Gasteiger partial charge in [-0.1, -0.05) is 42.5 Å². The first kappa shape index (κ1) is 11.4. The highest BCUT2D eigenvalue weighted by Crippen LogP contribution is 2.07. The molecule has 0 radical (unpaired) electrons. The van der Waals surface area contributed by atoms with E-state index in [0.717, 1.165) is 12.8 Å². The zero-order chi connectivity index (χ0) is 10.9. The first-order valence-electron chi connectivity index (χ1n) is 5.10. The fourth-order valence-electron chi connectivity index (χ4n) is 1.45. The van der Waals surface area contributed by atoms with Crippen molar-refractivity contribution in [1.29, 1.82) is 0 Å². The number of aliphatic imine (C=N–C) groups is 1. The van der Waals surface area contributed by atoms with Gasteiger partial charge in [0.15, 0.2) is 0 Å². The third-order valence-electron chi connectivity index (χ3n) is 2.20. The molecule has 2 nitrogen and oxygen atoms in total. The van der Waals surface area contributed by atoms with E-state index in [1.54, 1.807) is 6.08 Å². The summed E-state index contributed by atoms with van der Waals surface area (Å²) in [5.74, 6) is 0. The van der Waals surface area contributed by atoms with Gasteiger partial charge in [0.05, 0.1) is 6.04 Å². The van der Waals surface area contributed by atoms with E-state index in [9.17, 15) is 4.79 Å². The molecule has 1 aromatic rings. The smallest absolute Gasteiger partial charge is 0.211 e. The fourth-order valence-corrected chi connectivity index (χ4v) is 1.45. The highest BCUT2D eigenvalue weighted by atomic mass is 16.1. The molecule has 78 valence electrons. The number of aryl methyl sites for hydroxylation is 1.